The van der Waals surface area contributed by atoms with Crippen LogP contribution in [0.1, 0.15) is 39.5 Å². The molecule has 5 nitrogen and oxygen atoms in total. The van der Waals surface area contributed by atoms with Crippen LogP contribution in [0.25, 0.3) is 0 Å². The Morgan fingerprint density at radius 2 is 2.33 bits per heavy atom. The molecule has 0 heterocycles. The van der Waals surface area contributed by atoms with Crippen molar-refractivity contribution in [1.29, 1.82) is 0 Å². The van der Waals surface area contributed by atoms with E-state index in [1.165, 1.54) is 0 Å². The first kappa shape index (κ1) is 15.4. The van der Waals surface area contributed by atoms with Gasteiger partial charge in [-0.15, -0.1) is 0 Å². The quantitative estimate of drug-likeness (QED) is 0.714. The summed E-state index contributed by atoms with van der Waals surface area (Å²) in [5.41, 5.74) is 4.90. The van der Waals surface area contributed by atoms with Crippen molar-refractivity contribution in [2.45, 2.75) is 57.2 Å². The number of methoxy groups -OCH3 is 1. The van der Waals surface area contributed by atoms with E-state index in [2.05, 4.69) is 18.7 Å². The van der Waals surface area contributed by atoms with Gasteiger partial charge in [-0.05, 0) is 32.6 Å². The van der Waals surface area contributed by atoms with Crippen LogP contribution in [0.15, 0.2) is 0 Å². The summed E-state index contributed by atoms with van der Waals surface area (Å²) in [5.74, 6) is -0.874. The van der Waals surface area contributed by atoms with Gasteiger partial charge in [0, 0.05) is 25.7 Å². The number of hydrogen-bond donors (Lipinski definition) is 2. The lowest BCUT2D eigenvalue weighted by Crippen LogP contribution is -2.49. The molecule has 1 saturated carbocycles. The third-order valence-electron chi connectivity index (χ3n) is 4.13. The molecule has 0 aromatic heterocycles. The number of hydrogen-bond acceptors (Lipinski definition) is 4. The number of nitrogens with zero attached hydrogens (tertiary/aromatic N) is 1. The van der Waals surface area contributed by atoms with Gasteiger partial charge in [0.2, 0.25) is 0 Å². The van der Waals surface area contributed by atoms with Crippen molar-refractivity contribution in [2.24, 2.45) is 5.73 Å². The van der Waals surface area contributed by atoms with Crippen LogP contribution in [0.4, 0.5) is 0 Å². The molecule has 3 N–H and O–H groups in total. The second-order valence-corrected chi connectivity index (χ2v) is 5.35. The van der Waals surface area contributed by atoms with E-state index in [1.54, 1.807) is 7.11 Å². The molecule has 1 aliphatic carbocycles. The predicted molar refractivity (Wildman–Crippen MR) is 70.5 cm³/mol. The molecule has 18 heavy (non-hydrogen) atoms. The molecule has 0 saturated heterocycles. The van der Waals surface area contributed by atoms with Crippen LogP contribution >= 0.6 is 0 Å². The van der Waals surface area contributed by atoms with Crippen LogP contribution < -0.4 is 5.73 Å². The van der Waals surface area contributed by atoms with Crippen LogP contribution in [-0.2, 0) is 9.53 Å². The van der Waals surface area contributed by atoms with Gasteiger partial charge in [-0.3, -0.25) is 9.69 Å². The molecule has 3 atom stereocenters. The minimum Gasteiger partial charge on any atom is -0.480 e. The van der Waals surface area contributed by atoms with Crippen LogP contribution in [0.5, 0.6) is 0 Å². The molecule has 0 spiro atoms. The summed E-state index contributed by atoms with van der Waals surface area (Å²) in [6, 6.07) is 0.692. The zero-order valence-corrected chi connectivity index (χ0v) is 11.7. The van der Waals surface area contributed by atoms with Crippen molar-refractivity contribution in [3.8, 4) is 0 Å². The number of ether oxygens (including phenoxy) is 1. The second kappa shape index (κ2) is 6.50. The maximum absolute atomic E-state index is 11.2. The van der Waals surface area contributed by atoms with Crippen LogP contribution in [0.3, 0.4) is 0 Å². The van der Waals surface area contributed by atoms with Crippen molar-refractivity contribution in [1.82, 2.24) is 4.90 Å². The summed E-state index contributed by atoms with van der Waals surface area (Å²) in [4.78, 5) is 13.5. The molecule has 0 aromatic rings. The Hall–Kier alpha value is -0.650. The number of carbonyl (C=O) groups is 1. The summed E-state index contributed by atoms with van der Waals surface area (Å²) in [5, 5.41) is 9.18. The van der Waals surface area contributed by atoms with Crippen molar-refractivity contribution < 1.29 is 14.6 Å². The van der Waals surface area contributed by atoms with Gasteiger partial charge in [-0.2, -0.15) is 0 Å². The average Bonchev–Trinajstić information content (AvgIpc) is 2.73. The highest BCUT2D eigenvalue weighted by atomic mass is 16.5. The lowest BCUT2D eigenvalue weighted by Gasteiger charge is -2.34. The monoisotopic (exact) mass is 258 g/mol. The summed E-state index contributed by atoms with van der Waals surface area (Å²) in [6.45, 7) is 5.83. The first-order valence-corrected chi connectivity index (χ1v) is 6.71. The van der Waals surface area contributed by atoms with Gasteiger partial charge in [-0.25, -0.2) is 0 Å². The highest BCUT2D eigenvalue weighted by Gasteiger charge is 2.44. The molecular weight excluding hydrogens is 232 g/mol. The Bertz CT molecular complexity index is 285. The highest BCUT2D eigenvalue weighted by Crippen LogP contribution is 2.32. The molecule has 106 valence electrons. The summed E-state index contributed by atoms with van der Waals surface area (Å²) in [7, 11) is 1.69. The Balaban J connectivity index is 2.67. The lowest BCUT2D eigenvalue weighted by atomic mass is 9.99. The van der Waals surface area contributed by atoms with Crippen molar-refractivity contribution >= 4 is 5.97 Å². The Kier molecular flexibility index (Phi) is 5.56. The molecule has 0 bridgehead atoms. The van der Waals surface area contributed by atoms with Gasteiger partial charge < -0.3 is 15.6 Å². The van der Waals surface area contributed by atoms with Gasteiger partial charge in [0.25, 0.3) is 0 Å². The fourth-order valence-electron chi connectivity index (χ4n) is 2.72. The molecule has 0 radical (unpaired) electrons. The fourth-order valence-corrected chi connectivity index (χ4v) is 2.72. The molecule has 0 aliphatic heterocycles. The average molecular weight is 258 g/mol. The smallest absolute Gasteiger partial charge is 0.323 e. The SMILES string of the molecule is CCC(C)N(CCOC)C1CCC(N)(C(=O)O)C1. The van der Waals surface area contributed by atoms with Gasteiger partial charge in [-0.1, -0.05) is 6.92 Å². The minimum absolute atomic E-state index is 0.260. The topological polar surface area (TPSA) is 75.8 Å². The van der Waals surface area contributed by atoms with Crippen LogP contribution in [0, 0.1) is 0 Å². The number of aliphatic carboxylic acids is 1. The van der Waals surface area contributed by atoms with E-state index in [0.717, 1.165) is 19.4 Å². The van der Waals surface area contributed by atoms with E-state index < -0.39 is 11.5 Å². The number of carboxylic acid groups (broad SMARTS) is 1. The van der Waals surface area contributed by atoms with Gasteiger partial charge in [0.15, 0.2) is 0 Å². The molecule has 1 aliphatic rings. The molecule has 0 amide bonds. The van der Waals surface area contributed by atoms with Crippen molar-refractivity contribution in [3.05, 3.63) is 0 Å². The third kappa shape index (κ3) is 3.43. The highest BCUT2D eigenvalue weighted by molar-refractivity contribution is 5.79. The third-order valence-corrected chi connectivity index (χ3v) is 4.13. The van der Waals surface area contributed by atoms with Gasteiger partial charge in [0.05, 0.1) is 6.61 Å². The van der Waals surface area contributed by atoms with E-state index in [9.17, 15) is 9.90 Å². The molecule has 1 fully saturated rings. The maximum atomic E-state index is 11.2. The van der Waals surface area contributed by atoms with Crippen molar-refractivity contribution in [2.75, 3.05) is 20.3 Å². The van der Waals surface area contributed by atoms with E-state index in [-0.39, 0.29) is 6.04 Å². The van der Waals surface area contributed by atoms with Gasteiger partial charge in [0.1, 0.15) is 5.54 Å². The first-order valence-electron chi connectivity index (χ1n) is 6.71. The van der Waals surface area contributed by atoms with E-state index in [0.29, 0.717) is 25.5 Å². The van der Waals surface area contributed by atoms with Crippen molar-refractivity contribution in [3.63, 3.8) is 0 Å². The standard InChI is InChI=1S/C13H26N2O3/c1-4-10(2)15(7-8-18-3)11-5-6-13(14,9-11)12(16)17/h10-11H,4-9,14H2,1-3H3,(H,16,17). The number of carboxylic acids is 1. The van der Waals surface area contributed by atoms with E-state index >= 15 is 0 Å². The Labute approximate surface area is 109 Å². The number of rotatable bonds is 7. The summed E-state index contributed by atoms with van der Waals surface area (Å²) < 4.78 is 5.14. The lowest BCUT2D eigenvalue weighted by molar-refractivity contribution is -0.143. The molecular formula is C13H26N2O3. The predicted octanol–water partition coefficient (Wildman–Crippen LogP) is 1.07. The molecule has 0 aromatic carbocycles. The fraction of sp³-hybridized carbons (Fsp3) is 0.923. The summed E-state index contributed by atoms with van der Waals surface area (Å²) in [6.07, 6.45) is 3.00. The Morgan fingerprint density at radius 3 is 2.78 bits per heavy atom. The van der Waals surface area contributed by atoms with Crippen LogP contribution in [0.2, 0.25) is 0 Å². The van der Waals surface area contributed by atoms with Gasteiger partial charge >= 0.3 is 5.97 Å². The molecule has 3 unspecified atom stereocenters. The summed E-state index contributed by atoms with van der Waals surface area (Å²) >= 11 is 0. The minimum atomic E-state index is -1.04. The molecule has 1 rings (SSSR count). The van der Waals surface area contributed by atoms with E-state index in [4.69, 9.17) is 10.5 Å². The maximum Gasteiger partial charge on any atom is 0.323 e. The molecule has 5 heteroatoms. The number of nitrogens with two attached hydrogens (primary N) is 1. The largest absolute Gasteiger partial charge is 0.480 e. The Morgan fingerprint density at radius 1 is 1.67 bits per heavy atom. The normalized spacial score (nSPS) is 29.7. The van der Waals surface area contributed by atoms with E-state index in [1.807, 2.05) is 0 Å². The zero-order valence-electron chi connectivity index (χ0n) is 11.7. The second-order valence-electron chi connectivity index (χ2n) is 5.35. The van der Waals surface area contributed by atoms with Crippen LogP contribution in [-0.4, -0.2) is 53.9 Å². The zero-order chi connectivity index (χ0) is 13.8. The first-order chi connectivity index (χ1) is 8.44.